The molecule has 3 N–H and O–H groups in total. The first-order valence-corrected chi connectivity index (χ1v) is 9.21. The van der Waals surface area contributed by atoms with Crippen molar-refractivity contribution in [2.24, 2.45) is 5.73 Å². The number of carbonyl (C=O) groups excluding carboxylic acids is 2. The molecule has 27 heavy (non-hydrogen) atoms. The third kappa shape index (κ3) is 3.03. The van der Waals surface area contributed by atoms with Crippen LogP contribution in [0.2, 0.25) is 10.0 Å². The predicted octanol–water partition coefficient (Wildman–Crippen LogP) is 3.39. The van der Waals surface area contributed by atoms with Gasteiger partial charge >= 0.3 is 6.03 Å². The van der Waals surface area contributed by atoms with Crippen LogP contribution in [0, 0.1) is 5.82 Å². The first-order valence-electron chi connectivity index (χ1n) is 8.45. The summed E-state index contributed by atoms with van der Waals surface area (Å²) in [7, 11) is 0. The van der Waals surface area contributed by atoms with Crippen molar-refractivity contribution in [2.75, 3.05) is 6.54 Å². The van der Waals surface area contributed by atoms with Gasteiger partial charge < -0.3 is 16.0 Å². The van der Waals surface area contributed by atoms with Gasteiger partial charge in [-0.05, 0) is 41.3 Å². The Morgan fingerprint density at radius 3 is 2.70 bits per heavy atom. The van der Waals surface area contributed by atoms with Gasteiger partial charge in [-0.3, -0.25) is 4.79 Å². The van der Waals surface area contributed by atoms with Crippen LogP contribution < -0.4 is 11.1 Å². The lowest BCUT2D eigenvalue weighted by molar-refractivity contribution is -0.119. The maximum atomic E-state index is 13.7. The minimum atomic E-state index is -0.769. The molecule has 3 atom stereocenters. The van der Waals surface area contributed by atoms with Crippen molar-refractivity contribution in [1.82, 2.24) is 10.2 Å². The summed E-state index contributed by atoms with van der Waals surface area (Å²) in [6.45, 7) is 0.139. The zero-order valence-electron chi connectivity index (χ0n) is 14.1. The van der Waals surface area contributed by atoms with Gasteiger partial charge in [0.2, 0.25) is 5.91 Å². The average molecular weight is 408 g/mol. The maximum Gasteiger partial charge on any atom is 0.318 e. The van der Waals surface area contributed by atoms with Crippen LogP contribution in [0.3, 0.4) is 0 Å². The topological polar surface area (TPSA) is 75.4 Å². The zero-order valence-corrected chi connectivity index (χ0v) is 15.6. The molecule has 1 saturated heterocycles. The largest absolute Gasteiger partial charge is 0.368 e. The fraction of sp³-hybridized carbons (Fsp3) is 0.263. The summed E-state index contributed by atoms with van der Waals surface area (Å²) in [6.07, 6.45) is 0.666. The lowest BCUT2D eigenvalue weighted by atomic mass is 9.71. The van der Waals surface area contributed by atoms with E-state index in [0.717, 1.165) is 11.1 Å². The normalized spacial score (nSPS) is 22.0. The molecule has 2 aliphatic rings. The van der Waals surface area contributed by atoms with Crippen molar-refractivity contribution >= 4 is 35.1 Å². The molecular formula is C19H16Cl2FN3O2. The van der Waals surface area contributed by atoms with E-state index in [1.165, 1.54) is 12.1 Å². The monoisotopic (exact) mass is 407 g/mol. The van der Waals surface area contributed by atoms with E-state index in [4.69, 9.17) is 28.9 Å². The Kier molecular flexibility index (Phi) is 4.48. The van der Waals surface area contributed by atoms with Gasteiger partial charge in [0.25, 0.3) is 0 Å². The Labute approximate surface area is 165 Å². The fourth-order valence-electron chi connectivity index (χ4n) is 3.90. The van der Waals surface area contributed by atoms with Crippen molar-refractivity contribution in [3.05, 3.63) is 69.0 Å². The number of nitrogens with zero attached hydrogens (tertiary/aromatic N) is 1. The number of primary amides is 1. The van der Waals surface area contributed by atoms with Crippen LogP contribution in [-0.2, 0) is 11.2 Å². The summed E-state index contributed by atoms with van der Waals surface area (Å²) in [6, 6.07) is 8.49. The van der Waals surface area contributed by atoms with E-state index >= 15 is 0 Å². The molecule has 0 spiro atoms. The highest BCUT2D eigenvalue weighted by Gasteiger charge is 2.44. The molecule has 1 heterocycles. The number of urea groups is 1. The Hall–Kier alpha value is -2.31. The van der Waals surface area contributed by atoms with Crippen LogP contribution in [-0.4, -0.2) is 29.4 Å². The molecule has 2 aromatic carbocycles. The minimum absolute atomic E-state index is 0.0193. The quantitative estimate of drug-likeness (QED) is 0.814. The molecule has 4 rings (SSSR count). The van der Waals surface area contributed by atoms with Crippen LogP contribution in [0.15, 0.2) is 36.4 Å². The number of nitrogens with two attached hydrogens (primary N) is 1. The first-order chi connectivity index (χ1) is 12.9. The van der Waals surface area contributed by atoms with Gasteiger partial charge in [-0.25, -0.2) is 9.18 Å². The number of rotatable bonds is 4. The van der Waals surface area contributed by atoms with Gasteiger partial charge in [0.15, 0.2) is 0 Å². The van der Waals surface area contributed by atoms with E-state index < -0.39 is 23.8 Å². The van der Waals surface area contributed by atoms with Crippen molar-refractivity contribution in [1.29, 1.82) is 0 Å². The molecule has 1 aliphatic carbocycles. The smallest absolute Gasteiger partial charge is 0.318 e. The number of halogens is 3. The summed E-state index contributed by atoms with van der Waals surface area (Å²) in [5.41, 5.74) is 8.11. The van der Waals surface area contributed by atoms with Gasteiger partial charge in [0.05, 0.1) is 17.6 Å². The van der Waals surface area contributed by atoms with Crippen LogP contribution in [0.4, 0.5) is 9.18 Å². The Morgan fingerprint density at radius 1 is 1.26 bits per heavy atom. The molecule has 8 heteroatoms. The Bertz CT molecular complexity index is 953. The lowest BCUT2D eigenvalue weighted by Crippen LogP contribution is -2.39. The maximum absolute atomic E-state index is 13.7. The van der Waals surface area contributed by atoms with Crippen LogP contribution in [0.5, 0.6) is 0 Å². The number of hydrogen-bond acceptors (Lipinski definition) is 2. The number of benzene rings is 2. The third-order valence-corrected chi connectivity index (χ3v) is 5.91. The molecule has 2 aromatic rings. The molecule has 3 amide bonds. The number of fused-ring (bicyclic) bond motifs is 1. The molecule has 1 fully saturated rings. The van der Waals surface area contributed by atoms with Gasteiger partial charge in [0.1, 0.15) is 11.9 Å². The molecule has 1 unspecified atom stereocenters. The molecule has 0 aromatic heterocycles. The van der Waals surface area contributed by atoms with E-state index in [0.29, 0.717) is 17.0 Å². The minimum Gasteiger partial charge on any atom is -0.368 e. The van der Waals surface area contributed by atoms with E-state index in [1.54, 1.807) is 11.0 Å². The molecule has 0 saturated carbocycles. The Morgan fingerprint density at radius 2 is 2.04 bits per heavy atom. The second-order valence-electron chi connectivity index (χ2n) is 6.79. The number of hydrogen-bond donors (Lipinski definition) is 2. The van der Waals surface area contributed by atoms with Gasteiger partial charge in [-0.2, -0.15) is 0 Å². The highest BCUT2D eigenvalue weighted by molar-refractivity contribution is 6.31. The summed E-state index contributed by atoms with van der Waals surface area (Å²) in [4.78, 5) is 25.7. The highest BCUT2D eigenvalue weighted by Crippen LogP contribution is 2.49. The van der Waals surface area contributed by atoms with E-state index in [9.17, 15) is 14.0 Å². The number of amides is 3. The molecule has 1 aliphatic heterocycles. The van der Waals surface area contributed by atoms with Crippen LogP contribution >= 0.6 is 23.2 Å². The number of carbonyl (C=O) groups is 2. The summed E-state index contributed by atoms with van der Waals surface area (Å²) in [5, 5.41) is 3.26. The van der Waals surface area contributed by atoms with E-state index in [1.807, 2.05) is 18.2 Å². The number of nitrogens with one attached hydrogen (secondary N) is 1. The molecule has 0 radical (unpaired) electrons. The standard InChI is InChI=1S/C19H16Cl2FN3O2/c20-13-3-1-2-10-11(13)7-12(10)17(9-4-5-15(22)14(21)6-9)25-8-16(18(23)26)24-19(25)27/h1-6,12,16-17H,7-8H2,(H2,23,26)(H,24,27)/t12-,16?,17+/m0/s1. The second-order valence-corrected chi connectivity index (χ2v) is 7.61. The Balaban J connectivity index is 1.76. The predicted molar refractivity (Wildman–Crippen MR) is 100 cm³/mol. The fourth-order valence-corrected chi connectivity index (χ4v) is 4.35. The van der Waals surface area contributed by atoms with E-state index in [2.05, 4.69) is 5.32 Å². The van der Waals surface area contributed by atoms with Crippen LogP contribution in [0.25, 0.3) is 0 Å². The lowest BCUT2D eigenvalue weighted by Gasteiger charge is -2.41. The van der Waals surface area contributed by atoms with Crippen molar-refractivity contribution in [3.8, 4) is 0 Å². The zero-order chi connectivity index (χ0) is 19.3. The van der Waals surface area contributed by atoms with E-state index in [-0.39, 0.29) is 23.5 Å². The van der Waals surface area contributed by atoms with Crippen molar-refractivity contribution in [3.63, 3.8) is 0 Å². The third-order valence-electron chi connectivity index (χ3n) is 5.26. The second kappa shape index (κ2) is 6.69. The van der Waals surface area contributed by atoms with Crippen molar-refractivity contribution in [2.45, 2.75) is 24.4 Å². The summed E-state index contributed by atoms with van der Waals surface area (Å²) in [5.74, 6) is -1.17. The highest BCUT2D eigenvalue weighted by atomic mass is 35.5. The van der Waals surface area contributed by atoms with Crippen LogP contribution in [0.1, 0.15) is 28.7 Å². The summed E-state index contributed by atoms with van der Waals surface area (Å²) >= 11 is 12.2. The molecule has 140 valence electrons. The molecule has 5 nitrogen and oxygen atoms in total. The van der Waals surface area contributed by atoms with Gasteiger partial charge in [0, 0.05) is 10.9 Å². The SMILES string of the molecule is NC(=O)C1CN([C@H](c2ccc(F)c(Cl)c2)[C@H]2Cc3c(Cl)cccc32)C(=O)N1. The molecular weight excluding hydrogens is 392 g/mol. The average Bonchev–Trinajstić information content (AvgIpc) is 2.98. The van der Waals surface area contributed by atoms with Gasteiger partial charge in [-0.1, -0.05) is 41.4 Å². The first kappa shape index (κ1) is 18.1. The molecule has 0 bridgehead atoms. The van der Waals surface area contributed by atoms with Gasteiger partial charge in [-0.15, -0.1) is 0 Å². The van der Waals surface area contributed by atoms with Crippen molar-refractivity contribution < 1.29 is 14.0 Å². The summed E-state index contributed by atoms with van der Waals surface area (Å²) < 4.78 is 13.7.